The van der Waals surface area contributed by atoms with E-state index in [0.29, 0.717) is 20.5 Å². The molecular formula is C12H9Br2N5O3S. The third-order valence-corrected chi connectivity index (χ3v) is 4.58. The van der Waals surface area contributed by atoms with Crippen molar-refractivity contribution in [2.75, 3.05) is 5.32 Å². The number of anilines is 1. The van der Waals surface area contributed by atoms with E-state index < -0.39 is 10.8 Å². The van der Waals surface area contributed by atoms with Crippen LogP contribution in [0.15, 0.2) is 39.4 Å². The number of non-ortho nitro benzene ring substituents is 1. The number of benzene rings is 1. The van der Waals surface area contributed by atoms with E-state index in [0.717, 1.165) is 0 Å². The number of hydrogen-bond donors (Lipinski definition) is 4. The first-order valence-corrected chi connectivity index (χ1v) is 8.02. The van der Waals surface area contributed by atoms with E-state index in [4.69, 9.17) is 12.2 Å². The first-order chi connectivity index (χ1) is 10.9. The number of nitrogens with one attached hydrogen (secondary N) is 4. The quantitative estimate of drug-likeness (QED) is 0.317. The van der Waals surface area contributed by atoms with Crippen molar-refractivity contribution in [3.05, 3.63) is 55.2 Å². The molecule has 2 aromatic rings. The third-order valence-electron chi connectivity index (χ3n) is 2.60. The molecule has 0 atom stereocenters. The highest BCUT2D eigenvalue weighted by molar-refractivity contribution is 9.13. The van der Waals surface area contributed by atoms with Gasteiger partial charge in [-0.25, -0.2) is 0 Å². The summed E-state index contributed by atoms with van der Waals surface area (Å²) in [5.41, 5.74) is 5.80. The van der Waals surface area contributed by atoms with Gasteiger partial charge in [0.15, 0.2) is 5.11 Å². The van der Waals surface area contributed by atoms with Gasteiger partial charge in [0, 0.05) is 17.8 Å². The molecule has 0 radical (unpaired) electrons. The number of nitrogens with zero attached hydrogens (tertiary/aromatic N) is 1. The summed E-state index contributed by atoms with van der Waals surface area (Å²) >= 11 is 11.5. The van der Waals surface area contributed by atoms with E-state index in [-0.39, 0.29) is 10.8 Å². The SMILES string of the molecule is O=C(NNC(=S)Nc1ccc([N+](=O)[O-])cc1)c1cc(Br)c(Br)[nH]1. The summed E-state index contributed by atoms with van der Waals surface area (Å²) in [6.45, 7) is 0. The molecular weight excluding hydrogens is 454 g/mol. The molecule has 0 aliphatic heterocycles. The zero-order valence-electron chi connectivity index (χ0n) is 11.2. The third kappa shape index (κ3) is 4.74. The Morgan fingerprint density at radius 2 is 1.87 bits per heavy atom. The summed E-state index contributed by atoms with van der Waals surface area (Å²) in [6, 6.07) is 7.31. The van der Waals surface area contributed by atoms with Gasteiger partial charge in [-0.05, 0) is 62.3 Å². The lowest BCUT2D eigenvalue weighted by atomic mass is 10.3. The Bertz CT molecular complexity index is 743. The van der Waals surface area contributed by atoms with Gasteiger partial charge >= 0.3 is 0 Å². The van der Waals surface area contributed by atoms with Crippen LogP contribution in [-0.4, -0.2) is 20.9 Å². The molecule has 8 nitrogen and oxygen atoms in total. The number of nitro groups is 1. The normalized spacial score (nSPS) is 10.0. The van der Waals surface area contributed by atoms with Crippen molar-refractivity contribution in [3.63, 3.8) is 0 Å². The Hall–Kier alpha value is -1.98. The van der Waals surface area contributed by atoms with Gasteiger partial charge in [-0.2, -0.15) is 0 Å². The number of nitro benzene ring substituents is 1. The smallest absolute Gasteiger partial charge is 0.286 e. The van der Waals surface area contributed by atoms with Crippen molar-refractivity contribution < 1.29 is 9.72 Å². The summed E-state index contributed by atoms with van der Waals surface area (Å²) in [5.74, 6) is -0.413. The number of thiocarbonyl (C=S) groups is 1. The first kappa shape index (κ1) is 17.4. The Kier molecular flexibility index (Phi) is 5.69. The zero-order chi connectivity index (χ0) is 17.0. The highest BCUT2D eigenvalue weighted by atomic mass is 79.9. The second-order valence-corrected chi connectivity index (χ2v) is 6.24. The lowest BCUT2D eigenvalue weighted by molar-refractivity contribution is -0.384. The van der Waals surface area contributed by atoms with Crippen LogP contribution in [0.3, 0.4) is 0 Å². The van der Waals surface area contributed by atoms with Crippen LogP contribution in [-0.2, 0) is 0 Å². The molecule has 0 aliphatic carbocycles. The maximum Gasteiger partial charge on any atom is 0.286 e. The Morgan fingerprint density at radius 1 is 1.22 bits per heavy atom. The van der Waals surface area contributed by atoms with E-state index in [1.165, 1.54) is 24.3 Å². The topological polar surface area (TPSA) is 112 Å². The zero-order valence-corrected chi connectivity index (χ0v) is 15.2. The molecule has 0 aliphatic rings. The van der Waals surface area contributed by atoms with Crippen LogP contribution in [0.2, 0.25) is 0 Å². The molecule has 0 unspecified atom stereocenters. The van der Waals surface area contributed by atoms with E-state index >= 15 is 0 Å². The number of hydrazine groups is 1. The Labute approximate surface area is 152 Å². The molecule has 2 rings (SSSR count). The molecule has 0 bridgehead atoms. The lowest BCUT2D eigenvalue weighted by Gasteiger charge is -2.10. The highest BCUT2D eigenvalue weighted by Crippen LogP contribution is 2.22. The minimum Gasteiger partial charge on any atom is -0.344 e. The molecule has 0 saturated carbocycles. The number of H-pyrrole nitrogens is 1. The molecule has 0 spiro atoms. The standard InChI is InChI=1S/C12H9Br2N5O3S/c13-8-5-9(16-10(8)14)11(20)17-18-12(23)15-6-1-3-7(4-2-6)19(21)22/h1-5,16H,(H,17,20)(H2,15,18,23). The van der Waals surface area contributed by atoms with Crippen molar-refractivity contribution >= 4 is 66.5 Å². The molecule has 120 valence electrons. The summed E-state index contributed by atoms with van der Waals surface area (Å²) in [7, 11) is 0. The summed E-state index contributed by atoms with van der Waals surface area (Å²) in [6.07, 6.45) is 0. The largest absolute Gasteiger partial charge is 0.344 e. The number of amides is 1. The van der Waals surface area contributed by atoms with Crippen LogP contribution in [0.25, 0.3) is 0 Å². The number of rotatable bonds is 3. The van der Waals surface area contributed by atoms with E-state index in [1.54, 1.807) is 6.07 Å². The molecule has 0 saturated heterocycles. The van der Waals surface area contributed by atoms with Crippen LogP contribution in [0.1, 0.15) is 10.5 Å². The van der Waals surface area contributed by atoms with Gasteiger partial charge in [0.1, 0.15) is 5.69 Å². The van der Waals surface area contributed by atoms with Gasteiger partial charge in [-0.3, -0.25) is 25.8 Å². The molecule has 1 amide bonds. The predicted octanol–water partition coefficient (Wildman–Crippen LogP) is 3.08. The van der Waals surface area contributed by atoms with E-state index in [9.17, 15) is 14.9 Å². The van der Waals surface area contributed by atoms with Gasteiger partial charge in [-0.1, -0.05) is 0 Å². The van der Waals surface area contributed by atoms with Gasteiger partial charge in [-0.15, -0.1) is 0 Å². The van der Waals surface area contributed by atoms with Gasteiger partial charge < -0.3 is 10.3 Å². The van der Waals surface area contributed by atoms with Crippen LogP contribution in [0, 0.1) is 10.1 Å². The Morgan fingerprint density at radius 3 is 2.39 bits per heavy atom. The fraction of sp³-hybridized carbons (Fsp3) is 0. The average molecular weight is 463 g/mol. The molecule has 11 heteroatoms. The summed E-state index contributed by atoms with van der Waals surface area (Å²) in [5, 5.41) is 13.5. The number of hydrogen-bond acceptors (Lipinski definition) is 4. The molecule has 0 fully saturated rings. The van der Waals surface area contributed by atoms with E-state index in [1.807, 2.05) is 0 Å². The highest BCUT2D eigenvalue weighted by Gasteiger charge is 2.11. The fourth-order valence-electron chi connectivity index (χ4n) is 1.54. The molecule has 23 heavy (non-hydrogen) atoms. The predicted molar refractivity (Wildman–Crippen MR) is 96.1 cm³/mol. The average Bonchev–Trinajstić information content (AvgIpc) is 2.85. The van der Waals surface area contributed by atoms with Crippen LogP contribution < -0.4 is 16.2 Å². The number of aromatic nitrogens is 1. The maximum atomic E-state index is 11.9. The summed E-state index contributed by atoms with van der Waals surface area (Å²) < 4.78 is 1.36. The first-order valence-electron chi connectivity index (χ1n) is 6.02. The minimum atomic E-state index is -0.493. The van der Waals surface area contributed by atoms with Gasteiger partial charge in [0.25, 0.3) is 11.6 Å². The van der Waals surface area contributed by atoms with Gasteiger partial charge in [0.05, 0.1) is 14.0 Å². The number of carbonyl (C=O) groups excluding carboxylic acids is 1. The lowest BCUT2D eigenvalue weighted by Crippen LogP contribution is -2.43. The van der Waals surface area contributed by atoms with Crippen LogP contribution in [0.5, 0.6) is 0 Å². The molecule has 4 N–H and O–H groups in total. The second kappa shape index (κ2) is 7.53. The van der Waals surface area contributed by atoms with Crippen LogP contribution >= 0.6 is 44.1 Å². The number of aromatic amines is 1. The molecule has 1 aromatic heterocycles. The van der Waals surface area contributed by atoms with Gasteiger partial charge in [0.2, 0.25) is 0 Å². The Balaban J connectivity index is 1.87. The van der Waals surface area contributed by atoms with E-state index in [2.05, 4.69) is 53.0 Å². The van der Waals surface area contributed by atoms with Crippen molar-refractivity contribution in [1.29, 1.82) is 0 Å². The molecule has 1 aromatic carbocycles. The number of halogens is 2. The summed E-state index contributed by atoms with van der Waals surface area (Å²) in [4.78, 5) is 24.8. The van der Waals surface area contributed by atoms with Crippen molar-refractivity contribution in [1.82, 2.24) is 15.8 Å². The van der Waals surface area contributed by atoms with Crippen molar-refractivity contribution in [2.24, 2.45) is 0 Å². The number of carbonyl (C=O) groups is 1. The minimum absolute atomic E-state index is 0.0226. The van der Waals surface area contributed by atoms with Crippen molar-refractivity contribution in [3.8, 4) is 0 Å². The monoisotopic (exact) mass is 461 g/mol. The second-order valence-electron chi connectivity index (χ2n) is 4.18. The van der Waals surface area contributed by atoms with Crippen LogP contribution in [0.4, 0.5) is 11.4 Å². The molecule has 1 heterocycles. The fourth-order valence-corrected chi connectivity index (χ4v) is 2.36. The van der Waals surface area contributed by atoms with Crippen molar-refractivity contribution in [2.45, 2.75) is 0 Å². The maximum absolute atomic E-state index is 11.9.